The second-order valence-electron chi connectivity index (χ2n) is 9.63. The molecule has 3 heterocycles. The van der Waals surface area contributed by atoms with Crippen LogP contribution in [-0.2, 0) is 9.59 Å². The van der Waals surface area contributed by atoms with Crippen LogP contribution in [0.4, 0.5) is 4.79 Å². The van der Waals surface area contributed by atoms with Crippen molar-refractivity contribution in [1.29, 1.82) is 0 Å². The predicted octanol–water partition coefficient (Wildman–Crippen LogP) is 1.61. The highest BCUT2D eigenvalue weighted by molar-refractivity contribution is 6.07. The molecule has 1 aliphatic carbocycles. The maximum atomic E-state index is 13.1. The summed E-state index contributed by atoms with van der Waals surface area (Å²) in [4.78, 5) is 46.2. The fourth-order valence-electron chi connectivity index (χ4n) is 5.52. The van der Waals surface area contributed by atoms with Gasteiger partial charge in [0, 0.05) is 38.8 Å². The molecule has 0 aromatic carbocycles. The summed E-state index contributed by atoms with van der Waals surface area (Å²) >= 11 is 0. The van der Waals surface area contributed by atoms with Crippen molar-refractivity contribution in [1.82, 2.24) is 24.9 Å². The van der Waals surface area contributed by atoms with Crippen molar-refractivity contribution < 1.29 is 14.4 Å². The van der Waals surface area contributed by atoms with E-state index in [1.54, 1.807) is 0 Å². The van der Waals surface area contributed by atoms with Gasteiger partial charge in [0.25, 0.3) is 5.91 Å². The lowest BCUT2D eigenvalue weighted by atomic mass is 9.90. The van der Waals surface area contributed by atoms with Crippen molar-refractivity contribution in [3.05, 3.63) is 0 Å². The lowest BCUT2D eigenvalue weighted by Gasteiger charge is -2.38. The largest absolute Gasteiger partial charge is 0.339 e. The van der Waals surface area contributed by atoms with E-state index in [1.807, 2.05) is 4.90 Å². The smallest absolute Gasteiger partial charge is 0.326 e. The normalized spacial score (nSPS) is 28.6. The minimum absolute atomic E-state index is 0.0360. The summed E-state index contributed by atoms with van der Waals surface area (Å²) in [6.07, 6.45) is 9.24. The molecule has 168 valence electrons. The Balaban J connectivity index is 1.26. The molecule has 0 aromatic rings. The Morgan fingerprint density at radius 2 is 1.60 bits per heavy atom. The molecule has 1 saturated carbocycles. The summed E-state index contributed by atoms with van der Waals surface area (Å²) in [6.45, 7) is 7.00. The zero-order chi connectivity index (χ0) is 21.1. The summed E-state index contributed by atoms with van der Waals surface area (Å²) in [5.41, 5.74) is -0.660. The molecule has 0 radical (unpaired) electrons. The Morgan fingerprint density at radius 3 is 2.27 bits per heavy atom. The first-order chi connectivity index (χ1) is 14.5. The molecular weight excluding hydrogens is 382 g/mol. The van der Waals surface area contributed by atoms with Crippen LogP contribution in [0.3, 0.4) is 0 Å². The molecule has 4 rings (SSSR count). The van der Waals surface area contributed by atoms with Gasteiger partial charge >= 0.3 is 6.03 Å². The number of hydrogen-bond donors (Lipinski definition) is 1. The van der Waals surface area contributed by atoms with E-state index in [9.17, 15) is 14.4 Å². The molecule has 3 saturated heterocycles. The average Bonchev–Trinajstić information content (AvgIpc) is 2.90. The van der Waals surface area contributed by atoms with Crippen LogP contribution in [0.1, 0.15) is 64.7 Å². The Hall–Kier alpha value is -1.67. The Morgan fingerprint density at radius 1 is 0.933 bits per heavy atom. The molecule has 8 heteroatoms. The van der Waals surface area contributed by atoms with Gasteiger partial charge in [-0.15, -0.1) is 0 Å². The van der Waals surface area contributed by atoms with Crippen LogP contribution in [0.25, 0.3) is 0 Å². The van der Waals surface area contributed by atoms with Crippen molar-refractivity contribution in [3.63, 3.8) is 0 Å². The van der Waals surface area contributed by atoms with Crippen LogP contribution in [0.5, 0.6) is 0 Å². The maximum absolute atomic E-state index is 13.1. The Kier molecular flexibility index (Phi) is 6.63. The number of imide groups is 1. The highest BCUT2D eigenvalue weighted by atomic mass is 16.2. The Labute approximate surface area is 179 Å². The number of hydrogen-bond acceptors (Lipinski definition) is 5. The van der Waals surface area contributed by atoms with Gasteiger partial charge < -0.3 is 10.2 Å². The number of carbonyl (C=O) groups is 3. The zero-order valence-electron chi connectivity index (χ0n) is 18.4. The molecule has 1 N–H and O–H groups in total. The summed E-state index contributed by atoms with van der Waals surface area (Å²) in [5.74, 6) is 0.200. The number of nitrogens with zero attached hydrogens (tertiary/aromatic N) is 4. The van der Waals surface area contributed by atoms with Crippen LogP contribution in [0, 0.1) is 0 Å². The fraction of sp³-hybridized carbons (Fsp3) is 0.864. The summed E-state index contributed by atoms with van der Waals surface area (Å²) in [6, 6.07) is 0.113. The molecule has 4 fully saturated rings. The van der Waals surface area contributed by atoms with Gasteiger partial charge in [-0.2, -0.15) is 0 Å². The van der Waals surface area contributed by atoms with E-state index in [-0.39, 0.29) is 17.8 Å². The number of piperazine rings is 1. The number of nitrogens with one attached hydrogen (secondary N) is 1. The summed E-state index contributed by atoms with van der Waals surface area (Å²) in [7, 11) is 0. The molecule has 8 nitrogen and oxygen atoms in total. The first-order valence-corrected chi connectivity index (χ1v) is 11.9. The quantitative estimate of drug-likeness (QED) is 0.701. The number of rotatable bonds is 4. The molecule has 3 aliphatic heterocycles. The van der Waals surface area contributed by atoms with Crippen molar-refractivity contribution in [2.24, 2.45) is 0 Å². The van der Waals surface area contributed by atoms with Gasteiger partial charge in [-0.25, -0.2) is 9.69 Å². The van der Waals surface area contributed by atoms with Crippen molar-refractivity contribution >= 4 is 17.8 Å². The minimum atomic E-state index is -0.660. The van der Waals surface area contributed by atoms with Crippen LogP contribution >= 0.6 is 0 Å². The van der Waals surface area contributed by atoms with Gasteiger partial charge in [0.05, 0.1) is 13.2 Å². The van der Waals surface area contributed by atoms with Crippen LogP contribution < -0.4 is 5.32 Å². The monoisotopic (exact) mass is 419 g/mol. The summed E-state index contributed by atoms with van der Waals surface area (Å²) < 4.78 is 0. The van der Waals surface area contributed by atoms with E-state index in [1.165, 1.54) is 11.3 Å². The van der Waals surface area contributed by atoms with Gasteiger partial charge in [-0.3, -0.25) is 19.4 Å². The maximum Gasteiger partial charge on any atom is 0.326 e. The molecule has 0 aromatic heterocycles. The molecule has 1 atom stereocenters. The van der Waals surface area contributed by atoms with Crippen LogP contribution in [-0.4, -0.2) is 95.0 Å². The third kappa shape index (κ3) is 4.49. The molecule has 1 unspecified atom stereocenters. The predicted molar refractivity (Wildman–Crippen MR) is 114 cm³/mol. The molecule has 4 aliphatic rings. The lowest BCUT2D eigenvalue weighted by molar-refractivity contribution is -0.136. The molecule has 30 heavy (non-hydrogen) atoms. The van der Waals surface area contributed by atoms with Crippen molar-refractivity contribution in [3.8, 4) is 0 Å². The minimum Gasteiger partial charge on any atom is -0.339 e. The average molecular weight is 420 g/mol. The van der Waals surface area contributed by atoms with Gasteiger partial charge in [0.15, 0.2) is 0 Å². The molecule has 1 spiro atoms. The van der Waals surface area contributed by atoms with Crippen LogP contribution in [0.15, 0.2) is 0 Å². The summed E-state index contributed by atoms with van der Waals surface area (Å²) in [5, 5.41) is 3.02. The molecule has 0 bridgehead atoms. The van der Waals surface area contributed by atoms with E-state index < -0.39 is 5.54 Å². The van der Waals surface area contributed by atoms with E-state index in [4.69, 9.17) is 0 Å². The van der Waals surface area contributed by atoms with Crippen molar-refractivity contribution in [2.75, 3.05) is 45.9 Å². The first-order valence-electron chi connectivity index (χ1n) is 11.9. The van der Waals surface area contributed by atoms with Gasteiger partial charge in [0.1, 0.15) is 5.54 Å². The molecular formula is C22H37N5O3. The van der Waals surface area contributed by atoms with Gasteiger partial charge in [0.2, 0.25) is 5.91 Å². The first kappa shape index (κ1) is 21.6. The topological polar surface area (TPSA) is 76.2 Å². The van der Waals surface area contributed by atoms with E-state index in [2.05, 4.69) is 22.0 Å². The number of urea groups is 1. The SMILES string of the molecule is CC1CCCCN1C(=O)CN1CCN(CN2C(=O)NC3(CCCCCC3)C2=O)CC1. The fourth-order valence-corrected chi connectivity index (χ4v) is 5.52. The van der Waals surface area contributed by atoms with E-state index >= 15 is 0 Å². The highest BCUT2D eigenvalue weighted by Crippen LogP contribution is 2.32. The van der Waals surface area contributed by atoms with E-state index in [0.29, 0.717) is 19.3 Å². The van der Waals surface area contributed by atoms with Gasteiger partial charge in [-0.1, -0.05) is 25.7 Å². The second-order valence-corrected chi connectivity index (χ2v) is 9.63. The highest BCUT2D eigenvalue weighted by Gasteiger charge is 2.51. The number of likely N-dealkylation sites (tertiary alicyclic amines) is 1. The third-order valence-corrected chi connectivity index (χ3v) is 7.49. The second kappa shape index (κ2) is 9.22. The van der Waals surface area contributed by atoms with E-state index in [0.717, 1.165) is 84.1 Å². The van der Waals surface area contributed by atoms with Crippen LogP contribution in [0.2, 0.25) is 0 Å². The zero-order valence-corrected chi connectivity index (χ0v) is 18.4. The number of piperidine rings is 1. The number of carbonyl (C=O) groups excluding carboxylic acids is 3. The van der Waals surface area contributed by atoms with Gasteiger partial charge in [-0.05, 0) is 39.0 Å². The Bertz CT molecular complexity index is 653. The van der Waals surface area contributed by atoms with Crippen molar-refractivity contribution in [2.45, 2.75) is 76.3 Å². The molecule has 4 amide bonds. The standard InChI is InChI=1S/C22H37N5O3/c1-18-8-4-7-11-26(18)19(28)16-24-12-14-25(15-13-24)17-27-20(29)22(23-21(27)30)9-5-2-3-6-10-22/h18H,2-17H2,1H3,(H,23,30). The number of amides is 4. The lowest BCUT2D eigenvalue weighted by Crippen LogP contribution is -2.54. The third-order valence-electron chi connectivity index (χ3n) is 7.49.